The van der Waals surface area contributed by atoms with Gasteiger partial charge < -0.3 is 0 Å². The molecule has 3 rings (SSSR count). The van der Waals surface area contributed by atoms with Crippen molar-refractivity contribution in [3.05, 3.63) is 54.1 Å². The molecule has 1 fully saturated rings. The van der Waals surface area contributed by atoms with E-state index in [0.717, 1.165) is 31.1 Å². The van der Waals surface area contributed by atoms with Gasteiger partial charge in [-0.15, -0.1) is 6.58 Å². The third kappa shape index (κ3) is 3.88. The molecule has 2 aliphatic rings. The van der Waals surface area contributed by atoms with E-state index in [1.165, 1.54) is 48.8 Å². The second-order valence-corrected chi connectivity index (χ2v) is 7.58. The zero-order chi connectivity index (χ0) is 16.9. The molecule has 0 N–H and O–H groups in total. The lowest BCUT2D eigenvalue weighted by atomic mass is 9.77. The van der Waals surface area contributed by atoms with Gasteiger partial charge in [0.15, 0.2) is 5.78 Å². The van der Waals surface area contributed by atoms with Crippen molar-refractivity contribution in [2.45, 2.75) is 64.2 Å². The number of benzene rings is 1. The Morgan fingerprint density at radius 2 is 1.79 bits per heavy atom. The normalized spacial score (nSPS) is 27.6. The third-order valence-electron chi connectivity index (χ3n) is 6.11. The van der Waals surface area contributed by atoms with Gasteiger partial charge in [0.2, 0.25) is 0 Å². The van der Waals surface area contributed by atoms with Crippen molar-refractivity contribution < 1.29 is 4.79 Å². The zero-order valence-corrected chi connectivity index (χ0v) is 15.0. The Bertz CT molecular complexity index is 599. The topological polar surface area (TPSA) is 17.1 Å². The first-order valence-electron chi connectivity index (χ1n) is 9.67. The number of hydrogen-bond donors (Lipinski definition) is 0. The maximum Gasteiger partial charge on any atom is 0.159 e. The lowest BCUT2D eigenvalue weighted by Crippen LogP contribution is -2.16. The smallest absolute Gasteiger partial charge is 0.159 e. The highest BCUT2D eigenvalue weighted by Crippen LogP contribution is 2.37. The highest BCUT2D eigenvalue weighted by Gasteiger charge is 2.23. The fourth-order valence-electron chi connectivity index (χ4n) is 4.37. The molecule has 0 radical (unpaired) electrons. The van der Waals surface area contributed by atoms with Crippen LogP contribution in [0.2, 0.25) is 0 Å². The van der Waals surface area contributed by atoms with Crippen LogP contribution in [0.4, 0.5) is 0 Å². The molecular weight excluding hydrogens is 292 g/mol. The van der Waals surface area contributed by atoms with Crippen LogP contribution in [0.3, 0.4) is 0 Å². The molecule has 2 aliphatic carbocycles. The van der Waals surface area contributed by atoms with Gasteiger partial charge in [0.05, 0.1) is 0 Å². The van der Waals surface area contributed by atoms with Crippen LogP contribution in [0, 0.1) is 11.8 Å². The van der Waals surface area contributed by atoms with E-state index in [1.807, 2.05) is 12.2 Å². The van der Waals surface area contributed by atoms with Gasteiger partial charge in [0.25, 0.3) is 0 Å². The van der Waals surface area contributed by atoms with Crippen molar-refractivity contribution in [1.29, 1.82) is 0 Å². The molecule has 1 atom stereocenters. The van der Waals surface area contributed by atoms with E-state index < -0.39 is 0 Å². The average molecular weight is 322 g/mol. The molecule has 0 aliphatic heterocycles. The Labute approximate surface area is 146 Å². The molecule has 0 bridgehead atoms. The molecule has 1 unspecified atom stereocenters. The Hall–Kier alpha value is -1.63. The van der Waals surface area contributed by atoms with Crippen molar-refractivity contribution in [1.82, 2.24) is 0 Å². The Morgan fingerprint density at radius 3 is 2.38 bits per heavy atom. The minimum Gasteiger partial charge on any atom is -0.295 e. The summed E-state index contributed by atoms with van der Waals surface area (Å²) in [6.45, 7) is 6.08. The maximum atomic E-state index is 12.2. The Morgan fingerprint density at radius 1 is 1.08 bits per heavy atom. The van der Waals surface area contributed by atoms with Crippen LogP contribution in [-0.2, 0) is 4.79 Å². The van der Waals surface area contributed by atoms with Crippen molar-refractivity contribution in [2.75, 3.05) is 0 Å². The van der Waals surface area contributed by atoms with E-state index in [4.69, 9.17) is 0 Å². The molecule has 1 aromatic rings. The van der Waals surface area contributed by atoms with Crippen LogP contribution in [0.1, 0.15) is 75.3 Å². The number of carbonyl (C=O) groups excluding carboxylic acids is 1. The predicted octanol–water partition coefficient (Wildman–Crippen LogP) is 6.31. The van der Waals surface area contributed by atoms with Gasteiger partial charge in [0, 0.05) is 5.92 Å². The van der Waals surface area contributed by atoms with Crippen LogP contribution in [0.15, 0.2) is 43.0 Å². The molecular formula is C23H30O. The average Bonchev–Trinajstić information content (AvgIpc) is 2.64. The summed E-state index contributed by atoms with van der Waals surface area (Å²) in [4.78, 5) is 12.2. The lowest BCUT2D eigenvalue weighted by Gasteiger charge is -2.28. The molecule has 0 heterocycles. The zero-order valence-electron chi connectivity index (χ0n) is 15.0. The fraction of sp³-hybridized carbons (Fsp3) is 0.522. The monoisotopic (exact) mass is 322 g/mol. The number of carbonyl (C=O) groups is 1. The number of allylic oxidation sites excluding steroid dienone is 3. The van der Waals surface area contributed by atoms with Gasteiger partial charge in [-0.2, -0.15) is 0 Å². The van der Waals surface area contributed by atoms with Gasteiger partial charge in [-0.05, 0) is 79.6 Å². The fourth-order valence-corrected chi connectivity index (χ4v) is 4.37. The van der Waals surface area contributed by atoms with Crippen LogP contribution >= 0.6 is 0 Å². The van der Waals surface area contributed by atoms with Crippen molar-refractivity contribution in [3.63, 3.8) is 0 Å². The molecule has 24 heavy (non-hydrogen) atoms. The summed E-state index contributed by atoms with van der Waals surface area (Å²) in [5, 5.41) is 0. The van der Waals surface area contributed by atoms with E-state index in [-0.39, 0.29) is 11.7 Å². The summed E-state index contributed by atoms with van der Waals surface area (Å²) in [6, 6.07) is 9.06. The first kappa shape index (κ1) is 17.2. The number of ketones is 1. The number of hydrogen-bond acceptors (Lipinski definition) is 1. The van der Waals surface area contributed by atoms with Crippen molar-refractivity contribution >= 4 is 11.4 Å². The summed E-state index contributed by atoms with van der Waals surface area (Å²) in [5.41, 5.74) is 3.92. The lowest BCUT2D eigenvalue weighted by molar-refractivity contribution is -0.118. The van der Waals surface area contributed by atoms with E-state index in [2.05, 4.69) is 37.8 Å². The minimum atomic E-state index is 0.152. The number of rotatable bonds is 5. The van der Waals surface area contributed by atoms with E-state index in [0.29, 0.717) is 0 Å². The Balaban J connectivity index is 1.66. The minimum absolute atomic E-state index is 0.152. The summed E-state index contributed by atoms with van der Waals surface area (Å²) >= 11 is 0. The third-order valence-corrected chi connectivity index (χ3v) is 6.11. The molecule has 128 valence electrons. The summed E-state index contributed by atoms with van der Waals surface area (Å²) in [5.74, 6) is 2.11. The van der Waals surface area contributed by atoms with Gasteiger partial charge in [-0.25, -0.2) is 0 Å². The van der Waals surface area contributed by atoms with Crippen LogP contribution < -0.4 is 0 Å². The summed E-state index contributed by atoms with van der Waals surface area (Å²) in [7, 11) is 0. The molecule has 0 spiro atoms. The molecule has 0 amide bonds. The highest BCUT2D eigenvalue weighted by atomic mass is 16.1. The van der Waals surface area contributed by atoms with Gasteiger partial charge in [0.1, 0.15) is 0 Å². The molecule has 0 saturated heterocycles. The van der Waals surface area contributed by atoms with Gasteiger partial charge in [-0.3, -0.25) is 4.79 Å². The van der Waals surface area contributed by atoms with Crippen LogP contribution in [-0.4, -0.2) is 5.78 Å². The van der Waals surface area contributed by atoms with Crippen molar-refractivity contribution in [2.24, 2.45) is 11.8 Å². The second-order valence-electron chi connectivity index (χ2n) is 7.58. The standard InChI is InChI=1S/C23H30O/c1-3-5-21-14-15-22(16-23(21)24)20-12-10-19(11-13-20)18-8-6-17(4-2)7-9-18/h3,10-13,16-18,21H,1,4-9,14-15H2,2H3. The molecule has 1 saturated carbocycles. The maximum absolute atomic E-state index is 12.2. The highest BCUT2D eigenvalue weighted by molar-refractivity contribution is 6.00. The van der Waals surface area contributed by atoms with Crippen LogP contribution in [0.5, 0.6) is 0 Å². The molecule has 1 nitrogen and oxygen atoms in total. The van der Waals surface area contributed by atoms with E-state index in [9.17, 15) is 4.79 Å². The SMILES string of the molecule is C=CCC1CCC(c2ccc(C3CCC(CC)CC3)cc2)=CC1=O. The predicted molar refractivity (Wildman–Crippen MR) is 102 cm³/mol. The quantitative estimate of drug-likeness (QED) is 0.581. The van der Waals surface area contributed by atoms with Crippen LogP contribution in [0.25, 0.3) is 5.57 Å². The first-order chi connectivity index (χ1) is 11.7. The van der Waals surface area contributed by atoms with Crippen molar-refractivity contribution in [3.8, 4) is 0 Å². The summed E-state index contributed by atoms with van der Waals surface area (Å²) < 4.78 is 0. The van der Waals surface area contributed by atoms with Gasteiger partial charge in [-0.1, -0.05) is 43.7 Å². The molecule has 1 aromatic carbocycles. The molecule has 1 heteroatoms. The van der Waals surface area contributed by atoms with E-state index in [1.54, 1.807) is 0 Å². The van der Waals surface area contributed by atoms with E-state index >= 15 is 0 Å². The largest absolute Gasteiger partial charge is 0.295 e. The molecule has 0 aromatic heterocycles. The summed E-state index contributed by atoms with van der Waals surface area (Å²) in [6.07, 6.45) is 13.3. The second kappa shape index (κ2) is 7.96. The first-order valence-corrected chi connectivity index (χ1v) is 9.67. The van der Waals surface area contributed by atoms with Gasteiger partial charge >= 0.3 is 0 Å². The Kier molecular flexibility index (Phi) is 5.71.